The first-order valence-electron chi connectivity index (χ1n) is 13.7. The van der Waals surface area contributed by atoms with E-state index in [1.165, 1.54) is 0 Å². The van der Waals surface area contributed by atoms with E-state index in [2.05, 4.69) is 0 Å². The van der Waals surface area contributed by atoms with Gasteiger partial charge in [0, 0.05) is 26.9 Å². The lowest BCUT2D eigenvalue weighted by Gasteiger charge is -2.19. The fourth-order valence-corrected chi connectivity index (χ4v) is 6.06. The van der Waals surface area contributed by atoms with Gasteiger partial charge >= 0.3 is 0 Å². The molecule has 0 aliphatic carbocycles. The van der Waals surface area contributed by atoms with Crippen LogP contribution in [0.1, 0.15) is 0 Å². The zero-order chi connectivity index (χ0) is 27.8. The lowest BCUT2D eigenvalue weighted by Crippen LogP contribution is -2.13. The molecule has 42 heavy (non-hydrogen) atoms. The van der Waals surface area contributed by atoms with Crippen molar-refractivity contribution in [2.45, 2.75) is 0 Å². The summed E-state index contributed by atoms with van der Waals surface area (Å²) in [4.78, 5) is 19.2. The van der Waals surface area contributed by atoms with Gasteiger partial charge in [0.1, 0.15) is 28.5 Å². The lowest BCUT2D eigenvalue weighted by molar-refractivity contribution is 0.476. The van der Waals surface area contributed by atoms with E-state index in [0.717, 1.165) is 38.0 Å². The second-order valence-electron chi connectivity index (χ2n) is 10.3. The second kappa shape index (κ2) is 8.56. The molecule has 0 amide bonds. The largest absolute Gasteiger partial charge is 0.457 e. The van der Waals surface area contributed by atoms with E-state index in [0.29, 0.717) is 45.2 Å². The Balaban J connectivity index is 1.53. The lowest BCUT2D eigenvalue weighted by atomic mass is 9.95. The highest BCUT2D eigenvalue weighted by molar-refractivity contribution is 6.31. The van der Waals surface area contributed by atoms with Crippen LogP contribution in [-0.2, 0) is 0 Å². The highest BCUT2D eigenvalue weighted by Crippen LogP contribution is 2.48. The number of nitrogens with zero attached hydrogens (tertiary/aromatic N) is 2. The van der Waals surface area contributed by atoms with Gasteiger partial charge in [0.25, 0.3) is 5.56 Å². The summed E-state index contributed by atoms with van der Waals surface area (Å²) in [5.74, 6) is 2.42. The Labute approximate surface area is 237 Å². The summed E-state index contributed by atoms with van der Waals surface area (Å²) < 4.78 is 21.3. The molecule has 0 aliphatic heterocycles. The van der Waals surface area contributed by atoms with Gasteiger partial charge in [-0.05, 0) is 54.6 Å². The Morgan fingerprint density at radius 1 is 0.595 bits per heavy atom. The van der Waals surface area contributed by atoms with Crippen LogP contribution >= 0.6 is 0 Å². The van der Waals surface area contributed by atoms with E-state index in [1.807, 2.05) is 115 Å². The highest BCUT2D eigenvalue weighted by Gasteiger charge is 2.26. The molecule has 198 valence electrons. The monoisotopic (exact) mass is 544 g/mol. The number of para-hydroxylation sites is 5. The van der Waals surface area contributed by atoms with Crippen molar-refractivity contribution >= 4 is 60.2 Å². The predicted octanol–water partition coefficient (Wildman–Crippen LogP) is 9.08. The number of rotatable bonds is 4. The molecule has 6 heteroatoms. The van der Waals surface area contributed by atoms with Gasteiger partial charge in [-0.2, -0.15) is 0 Å². The third-order valence-corrected chi connectivity index (χ3v) is 7.83. The molecule has 6 nitrogen and oxygen atoms in total. The van der Waals surface area contributed by atoms with E-state index in [4.69, 9.17) is 18.9 Å². The minimum atomic E-state index is -0.169. The Hall–Kier alpha value is -5.88. The highest BCUT2D eigenvalue weighted by atomic mass is 16.5. The summed E-state index contributed by atoms with van der Waals surface area (Å²) in [6, 6.07) is 38.5. The summed E-state index contributed by atoms with van der Waals surface area (Å²) in [6.07, 6.45) is 0. The molecule has 0 unspecified atom stereocenters. The SMILES string of the molecule is O=c1c2cc(Oc3ccccc3)c3oc4ccccc4c4c(Oc5ccccc5)cc(c2c34)c2nc3ccccc3n12. The van der Waals surface area contributed by atoms with Crippen LogP contribution in [-0.4, -0.2) is 9.38 Å². The first-order valence-corrected chi connectivity index (χ1v) is 13.7. The van der Waals surface area contributed by atoms with Crippen molar-refractivity contribution in [1.82, 2.24) is 9.38 Å². The van der Waals surface area contributed by atoms with Crippen molar-refractivity contribution in [3.63, 3.8) is 0 Å². The van der Waals surface area contributed by atoms with Crippen molar-refractivity contribution in [2.75, 3.05) is 0 Å². The molecule has 0 aliphatic rings. The quantitative estimate of drug-likeness (QED) is 0.163. The van der Waals surface area contributed by atoms with Gasteiger partial charge in [0.15, 0.2) is 11.3 Å². The number of imidazole rings is 1. The summed E-state index contributed by atoms with van der Waals surface area (Å²) in [5, 5.41) is 4.54. The molecule has 3 aromatic heterocycles. The maximum absolute atomic E-state index is 14.3. The molecular weight excluding hydrogens is 524 g/mol. The van der Waals surface area contributed by atoms with Crippen molar-refractivity contribution in [1.29, 1.82) is 0 Å². The minimum Gasteiger partial charge on any atom is -0.457 e. The van der Waals surface area contributed by atoms with Crippen LogP contribution in [0.3, 0.4) is 0 Å². The van der Waals surface area contributed by atoms with Crippen LogP contribution in [0.25, 0.3) is 60.2 Å². The zero-order valence-corrected chi connectivity index (χ0v) is 22.1. The number of pyridine rings is 1. The third kappa shape index (κ3) is 3.20. The van der Waals surface area contributed by atoms with Crippen LogP contribution in [0.4, 0.5) is 0 Å². The van der Waals surface area contributed by atoms with Gasteiger partial charge in [0.2, 0.25) is 0 Å². The van der Waals surface area contributed by atoms with Crippen LogP contribution in [0.5, 0.6) is 23.0 Å². The third-order valence-electron chi connectivity index (χ3n) is 7.83. The zero-order valence-electron chi connectivity index (χ0n) is 22.1. The maximum Gasteiger partial charge on any atom is 0.264 e. The van der Waals surface area contributed by atoms with Crippen LogP contribution < -0.4 is 15.0 Å². The van der Waals surface area contributed by atoms with E-state index >= 15 is 0 Å². The number of hydrogen-bond acceptors (Lipinski definition) is 5. The molecule has 0 saturated heterocycles. The summed E-state index contributed by atoms with van der Waals surface area (Å²) in [6.45, 7) is 0. The van der Waals surface area contributed by atoms with Crippen molar-refractivity contribution < 1.29 is 13.9 Å². The topological polar surface area (TPSA) is 66.0 Å². The molecule has 0 fully saturated rings. The van der Waals surface area contributed by atoms with Crippen LogP contribution in [0.2, 0.25) is 0 Å². The average Bonchev–Trinajstić information content (AvgIpc) is 3.43. The van der Waals surface area contributed by atoms with E-state index in [1.54, 1.807) is 10.5 Å². The Morgan fingerprint density at radius 3 is 2.02 bits per heavy atom. The maximum atomic E-state index is 14.3. The molecular formula is C36H20N2O4. The number of fused-ring (bicyclic) bond motifs is 6. The molecule has 3 heterocycles. The van der Waals surface area contributed by atoms with Gasteiger partial charge in [-0.3, -0.25) is 9.20 Å². The fraction of sp³-hybridized carbons (Fsp3) is 0. The minimum absolute atomic E-state index is 0.169. The molecule has 6 aromatic carbocycles. The van der Waals surface area contributed by atoms with E-state index < -0.39 is 0 Å². The summed E-state index contributed by atoms with van der Waals surface area (Å²) in [5.41, 5.74) is 3.10. The van der Waals surface area contributed by atoms with E-state index in [-0.39, 0.29) is 5.56 Å². The summed E-state index contributed by atoms with van der Waals surface area (Å²) >= 11 is 0. The summed E-state index contributed by atoms with van der Waals surface area (Å²) in [7, 11) is 0. The van der Waals surface area contributed by atoms with Crippen molar-refractivity contribution in [3.05, 3.63) is 132 Å². The van der Waals surface area contributed by atoms with Gasteiger partial charge in [-0.25, -0.2) is 4.98 Å². The van der Waals surface area contributed by atoms with E-state index in [9.17, 15) is 4.79 Å². The molecule has 0 atom stereocenters. The molecule has 9 aromatic rings. The van der Waals surface area contributed by atoms with Gasteiger partial charge in [-0.1, -0.05) is 66.7 Å². The first kappa shape index (κ1) is 22.9. The molecule has 0 radical (unpaired) electrons. The van der Waals surface area contributed by atoms with Crippen molar-refractivity contribution in [2.24, 2.45) is 0 Å². The smallest absolute Gasteiger partial charge is 0.264 e. The number of benzene rings is 6. The molecule has 9 rings (SSSR count). The molecule has 0 bridgehead atoms. The standard InChI is InChI=1S/C36H20N2O4/c39-36-25-20-30(41-22-13-5-2-6-14-22)34-33-31(25)24(35-37-26-16-8-9-17-27(26)38(35)36)19-29(40-21-11-3-1-4-12-21)32(33)23-15-7-10-18-28(23)42-34/h1-20H. The number of aromatic nitrogens is 2. The fourth-order valence-electron chi connectivity index (χ4n) is 6.06. The number of ether oxygens (including phenoxy) is 2. The van der Waals surface area contributed by atoms with Crippen molar-refractivity contribution in [3.8, 4) is 23.0 Å². The van der Waals surface area contributed by atoms with Gasteiger partial charge in [0.05, 0.1) is 16.4 Å². The van der Waals surface area contributed by atoms with Crippen LogP contribution in [0.15, 0.2) is 131 Å². The normalized spacial score (nSPS) is 11.9. The first-order chi connectivity index (χ1) is 20.7. The molecule has 0 saturated carbocycles. The average molecular weight is 545 g/mol. The molecule has 0 spiro atoms. The van der Waals surface area contributed by atoms with Gasteiger partial charge < -0.3 is 13.9 Å². The Morgan fingerprint density at radius 2 is 1.24 bits per heavy atom. The number of hydrogen-bond donors (Lipinski definition) is 0. The predicted molar refractivity (Wildman–Crippen MR) is 165 cm³/mol. The van der Waals surface area contributed by atoms with Gasteiger partial charge in [-0.15, -0.1) is 0 Å². The Bertz CT molecular complexity index is 2530. The Kier molecular flexibility index (Phi) is 4.66. The molecule has 0 N–H and O–H groups in total. The second-order valence-corrected chi connectivity index (χ2v) is 10.3. The van der Waals surface area contributed by atoms with Crippen LogP contribution in [0, 0.1) is 0 Å².